The van der Waals surface area contributed by atoms with E-state index in [1.165, 1.54) is 17.0 Å². The minimum Gasteiger partial charge on any atom is -0.497 e. The van der Waals surface area contributed by atoms with E-state index in [4.69, 9.17) is 9.47 Å². The third-order valence-corrected chi connectivity index (χ3v) is 5.23. The summed E-state index contributed by atoms with van der Waals surface area (Å²) >= 11 is 1.68. The fourth-order valence-corrected chi connectivity index (χ4v) is 4.21. The first-order chi connectivity index (χ1) is 10.3. The van der Waals surface area contributed by atoms with Gasteiger partial charge in [-0.15, -0.1) is 11.8 Å². The highest BCUT2D eigenvalue weighted by molar-refractivity contribution is 7.99. The number of nitrogens with zero attached hydrogens (tertiary/aromatic N) is 1. The molecule has 2 aliphatic rings. The second-order valence-corrected chi connectivity index (χ2v) is 6.30. The molecule has 0 spiro atoms. The van der Waals surface area contributed by atoms with E-state index in [9.17, 15) is 4.79 Å². The van der Waals surface area contributed by atoms with Crippen molar-refractivity contribution >= 4 is 17.5 Å². The van der Waals surface area contributed by atoms with E-state index in [0.717, 1.165) is 17.1 Å². The standard InChI is InChI=1S/C16H15NO3S/c1-19-13-4-2-10(3-5-13)15(18)16-17-12(9-21-16)6-11-7-20-8-14(11)17/h2-6,16H,7-9H2,1H3/t16-/m1/s1. The molecule has 1 aromatic carbocycles. The Balaban J connectivity index is 1.67. The van der Waals surface area contributed by atoms with Gasteiger partial charge in [-0.2, -0.15) is 0 Å². The molecule has 1 aromatic heterocycles. The first-order valence-electron chi connectivity index (χ1n) is 6.87. The van der Waals surface area contributed by atoms with Crippen LogP contribution in [0.25, 0.3) is 0 Å². The van der Waals surface area contributed by atoms with Crippen molar-refractivity contribution in [3.05, 3.63) is 52.8 Å². The number of benzene rings is 1. The SMILES string of the molecule is COc1ccc(C(=O)[C@H]2SCc3cc4c(n32)COC4)cc1. The lowest BCUT2D eigenvalue weighted by Crippen LogP contribution is -2.16. The van der Waals surface area contributed by atoms with Crippen LogP contribution in [0.3, 0.4) is 0 Å². The molecule has 0 unspecified atom stereocenters. The van der Waals surface area contributed by atoms with Crippen LogP contribution in [0.5, 0.6) is 5.75 Å². The van der Waals surface area contributed by atoms with Crippen LogP contribution in [-0.4, -0.2) is 17.5 Å². The summed E-state index contributed by atoms with van der Waals surface area (Å²) in [6, 6.07) is 9.50. The lowest BCUT2D eigenvalue weighted by molar-refractivity contribution is 0.0962. The number of rotatable bonds is 3. The number of fused-ring (bicyclic) bond motifs is 3. The lowest BCUT2D eigenvalue weighted by Gasteiger charge is -2.14. The van der Waals surface area contributed by atoms with Crippen LogP contribution < -0.4 is 4.74 Å². The molecule has 0 N–H and O–H groups in total. The first-order valence-corrected chi connectivity index (χ1v) is 7.92. The molecular formula is C16H15NO3S. The highest BCUT2D eigenvalue weighted by Gasteiger charge is 2.34. The molecule has 0 bridgehead atoms. The average Bonchev–Trinajstić information content (AvgIpc) is 3.18. The Morgan fingerprint density at radius 2 is 2.14 bits per heavy atom. The molecule has 0 saturated carbocycles. The Morgan fingerprint density at radius 1 is 1.33 bits per heavy atom. The summed E-state index contributed by atoms with van der Waals surface area (Å²) in [6.45, 7) is 1.28. The minimum absolute atomic E-state index is 0.145. The molecule has 21 heavy (non-hydrogen) atoms. The number of hydrogen-bond donors (Lipinski definition) is 0. The number of ketones is 1. The lowest BCUT2D eigenvalue weighted by atomic mass is 10.1. The Labute approximate surface area is 127 Å². The number of aromatic nitrogens is 1. The quantitative estimate of drug-likeness (QED) is 0.817. The fraction of sp³-hybridized carbons (Fsp3) is 0.312. The molecule has 108 valence electrons. The second-order valence-electron chi connectivity index (χ2n) is 5.23. The van der Waals surface area contributed by atoms with Gasteiger partial charge in [-0.05, 0) is 30.3 Å². The molecule has 1 atom stereocenters. The van der Waals surface area contributed by atoms with Crippen LogP contribution in [0, 0.1) is 0 Å². The van der Waals surface area contributed by atoms with Crippen molar-refractivity contribution in [2.24, 2.45) is 0 Å². The molecule has 2 aliphatic heterocycles. The van der Waals surface area contributed by atoms with E-state index in [2.05, 4.69) is 10.6 Å². The molecular weight excluding hydrogens is 286 g/mol. The van der Waals surface area contributed by atoms with Crippen LogP contribution in [0.1, 0.15) is 32.7 Å². The molecule has 4 nitrogen and oxygen atoms in total. The topological polar surface area (TPSA) is 40.5 Å². The largest absolute Gasteiger partial charge is 0.497 e. The Hall–Kier alpha value is -1.72. The number of hydrogen-bond acceptors (Lipinski definition) is 4. The molecule has 0 amide bonds. The maximum absolute atomic E-state index is 12.8. The van der Waals surface area contributed by atoms with Crippen LogP contribution in [0.15, 0.2) is 30.3 Å². The molecule has 5 heteroatoms. The van der Waals surface area contributed by atoms with Gasteiger partial charge in [-0.3, -0.25) is 4.79 Å². The van der Waals surface area contributed by atoms with Gasteiger partial charge >= 0.3 is 0 Å². The number of Topliss-reactive ketones (excluding diaryl/α,β-unsaturated/α-hetero) is 1. The summed E-state index contributed by atoms with van der Waals surface area (Å²) in [7, 11) is 1.62. The van der Waals surface area contributed by atoms with Crippen molar-refractivity contribution in [1.29, 1.82) is 0 Å². The molecule has 0 saturated heterocycles. The fourth-order valence-electron chi connectivity index (χ4n) is 2.96. The van der Waals surface area contributed by atoms with Crippen LogP contribution >= 0.6 is 11.8 Å². The zero-order valence-corrected chi connectivity index (χ0v) is 12.5. The van der Waals surface area contributed by atoms with Crippen molar-refractivity contribution in [2.45, 2.75) is 24.3 Å². The normalized spacial score (nSPS) is 19.4. The van der Waals surface area contributed by atoms with Crippen LogP contribution in [-0.2, 0) is 23.7 Å². The second kappa shape index (κ2) is 4.93. The van der Waals surface area contributed by atoms with Gasteiger partial charge in [-0.1, -0.05) is 0 Å². The molecule has 0 aliphatic carbocycles. The van der Waals surface area contributed by atoms with Crippen LogP contribution in [0.4, 0.5) is 0 Å². The molecule has 3 heterocycles. The van der Waals surface area contributed by atoms with E-state index in [1.807, 2.05) is 24.3 Å². The molecule has 4 rings (SSSR count). The molecule has 2 aromatic rings. The van der Waals surface area contributed by atoms with Crippen molar-refractivity contribution in [1.82, 2.24) is 4.57 Å². The van der Waals surface area contributed by atoms with E-state index in [1.54, 1.807) is 18.9 Å². The summed E-state index contributed by atoms with van der Waals surface area (Å²) in [5, 5.41) is -0.168. The third kappa shape index (κ3) is 2.00. The van der Waals surface area contributed by atoms with Gasteiger partial charge in [0.1, 0.15) is 11.1 Å². The van der Waals surface area contributed by atoms with E-state index < -0.39 is 0 Å². The van der Waals surface area contributed by atoms with E-state index in [0.29, 0.717) is 13.2 Å². The average molecular weight is 301 g/mol. The predicted molar refractivity (Wildman–Crippen MR) is 80.6 cm³/mol. The Kier molecular flexibility index (Phi) is 3.05. The zero-order chi connectivity index (χ0) is 14.4. The van der Waals surface area contributed by atoms with Gasteiger partial charge in [0.15, 0.2) is 5.78 Å². The summed E-state index contributed by atoms with van der Waals surface area (Å²) in [4.78, 5) is 12.8. The Bertz CT molecular complexity index is 705. The Morgan fingerprint density at radius 3 is 2.90 bits per heavy atom. The van der Waals surface area contributed by atoms with Gasteiger partial charge in [0.25, 0.3) is 0 Å². The minimum atomic E-state index is -0.168. The number of methoxy groups -OCH3 is 1. The van der Waals surface area contributed by atoms with Crippen molar-refractivity contribution in [3.63, 3.8) is 0 Å². The molecule has 0 radical (unpaired) electrons. The van der Waals surface area contributed by atoms with E-state index >= 15 is 0 Å². The van der Waals surface area contributed by atoms with Crippen molar-refractivity contribution in [2.75, 3.05) is 7.11 Å². The highest BCUT2D eigenvalue weighted by atomic mass is 32.2. The maximum atomic E-state index is 12.8. The van der Waals surface area contributed by atoms with Gasteiger partial charge in [0.05, 0.1) is 26.0 Å². The van der Waals surface area contributed by atoms with Gasteiger partial charge in [0.2, 0.25) is 0 Å². The number of carbonyl (C=O) groups excluding carboxylic acids is 1. The van der Waals surface area contributed by atoms with Gasteiger partial charge < -0.3 is 14.0 Å². The third-order valence-electron chi connectivity index (χ3n) is 4.03. The first kappa shape index (κ1) is 13.0. The smallest absolute Gasteiger partial charge is 0.195 e. The van der Waals surface area contributed by atoms with E-state index in [-0.39, 0.29) is 11.2 Å². The van der Waals surface area contributed by atoms with Gasteiger partial charge in [-0.25, -0.2) is 0 Å². The zero-order valence-electron chi connectivity index (χ0n) is 11.7. The summed E-state index contributed by atoms with van der Waals surface area (Å²) in [5.74, 6) is 1.80. The summed E-state index contributed by atoms with van der Waals surface area (Å²) < 4.78 is 12.8. The van der Waals surface area contributed by atoms with Crippen molar-refractivity contribution in [3.8, 4) is 5.75 Å². The van der Waals surface area contributed by atoms with Crippen LogP contribution in [0.2, 0.25) is 0 Å². The van der Waals surface area contributed by atoms with Gasteiger partial charge in [0, 0.05) is 22.6 Å². The predicted octanol–water partition coefficient (Wildman–Crippen LogP) is 3.16. The number of carbonyl (C=O) groups is 1. The number of thioether (sulfide) groups is 1. The molecule has 0 fully saturated rings. The monoisotopic (exact) mass is 301 g/mol. The highest BCUT2D eigenvalue weighted by Crippen LogP contribution is 2.42. The summed E-state index contributed by atoms with van der Waals surface area (Å²) in [5.41, 5.74) is 4.36. The maximum Gasteiger partial charge on any atom is 0.195 e. The van der Waals surface area contributed by atoms with Crippen molar-refractivity contribution < 1.29 is 14.3 Å². The summed E-state index contributed by atoms with van der Waals surface area (Å²) in [6.07, 6.45) is 0. The number of ether oxygens (including phenoxy) is 2.